The molecule has 0 atom stereocenters. The minimum absolute atomic E-state index is 0.0423. The van der Waals surface area contributed by atoms with Gasteiger partial charge in [0.25, 0.3) is 0 Å². The molecule has 0 aromatic carbocycles. The molecule has 0 saturated heterocycles. The lowest BCUT2D eigenvalue weighted by molar-refractivity contribution is 0.570. The zero-order valence-electron chi connectivity index (χ0n) is 6.53. The quantitative estimate of drug-likeness (QED) is 0.706. The van der Waals surface area contributed by atoms with Crippen LogP contribution in [-0.4, -0.2) is 15.1 Å². The molecule has 1 fully saturated rings. The molecule has 2 rings (SSSR count). The fraction of sp³-hybridized carbons (Fsp3) is 0.333. The van der Waals surface area contributed by atoms with Crippen LogP contribution in [0.15, 0.2) is 18.3 Å². The van der Waals surface area contributed by atoms with Crippen LogP contribution >= 0.6 is 12.2 Å². The summed E-state index contributed by atoms with van der Waals surface area (Å²) in [4.78, 5) is 4.21. The molecule has 0 spiro atoms. The van der Waals surface area contributed by atoms with Crippen molar-refractivity contribution in [2.45, 2.75) is 18.8 Å². The molecule has 3 heteroatoms. The van der Waals surface area contributed by atoms with Gasteiger partial charge in [-0.25, -0.2) is 0 Å². The summed E-state index contributed by atoms with van der Waals surface area (Å²) in [7, 11) is 0. The highest BCUT2D eigenvalue weighted by Gasteiger charge is 2.25. The van der Waals surface area contributed by atoms with Gasteiger partial charge in [-0.3, -0.25) is 4.98 Å². The molecule has 1 saturated carbocycles. The Bertz CT molecular complexity index is 320. The van der Waals surface area contributed by atoms with Crippen molar-refractivity contribution in [1.29, 1.82) is 0 Å². The normalized spacial score (nSPS) is 16.0. The standard InChI is InChI=1S/C9H9NOS/c11-9(12)7-3-4-10-8(5-7)6-1-2-6/h3-6H,1-2H2,(H,11,12). The summed E-state index contributed by atoms with van der Waals surface area (Å²) in [5, 5.41) is 9.01. The summed E-state index contributed by atoms with van der Waals surface area (Å²) >= 11 is 4.66. The third-order valence-corrected chi connectivity index (χ3v) is 2.26. The summed E-state index contributed by atoms with van der Waals surface area (Å²) in [6, 6.07) is 3.61. The summed E-state index contributed by atoms with van der Waals surface area (Å²) in [6.07, 6.45) is 4.13. The number of thiocarbonyl (C=S) groups is 1. The van der Waals surface area contributed by atoms with Crippen LogP contribution in [0.4, 0.5) is 0 Å². The second kappa shape index (κ2) is 2.83. The molecule has 2 nitrogen and oxygen atoms in total. The van der Waals surface area contributed by atoms with E-state index in [1.54, 1.807) is 12.3 Å². The van der Waals surface area contributed by atoms with Gasteiger partial charge in [0, 0.05) is 23.4 Å². The van der Waals surface area contributed by atoms with E-state index in [2.05, 4.69) is 17.2 Å². The van der Waals surface area contributed by atoms with Crippen LogP contribution in [-0.2, 0) is 0 Å². The highest BCUT2D eigenvalue weighted by atomic mass is 32.1. The van der Waals surface area contributed by atoms with Crippen molar-refractivity contribution >= 4 is 17.3 Å². The highest BCUT2D eigenvalue weighted by Crippen LogP contribution is 2.38. The van der Waals surface area contributed by atoms with Gasteiger partial charge in [-0.1, -0.05) is 0 Å². The predicted octanol–water partition coefficient (Wildman–Crippen LogP) is 2.19. The Morgan fingerprint density at radius 2 is 2.33 bits per heavy atom. The number of aromatic nitrogens is 1. The average molecular weight is 179 g/mol. The number of aliphatic hydroxyl groups is 1. The zero-order valence-corrected chi connectivity index (χ0v) is 7.34. The van der Waals surface area contributed by atoms with Gasteiger partial charge in [-0.05, 0) is 37.2 Å². The number of aliphatic hydroxyl groups excluding tert-OH is 1. The zero-order chi connectivity index (χ0) is 8.55. The molecule has 62 valence electrons. The van der Waals surface area contributed by atoms with Crippen LogP contribution < -0.4 is 0 Å². The number of hydrogen-bond donors (Lipinski definition) is 1. The Balaban J connectivity index is 2.32. The molecule has 1 heterocycles. The van der Waals surface area contributed by atoms with Gasteiger partial charge in [0.05, 0.1) is 0 Å². The molecule has 0 amide bonds. The van der Waals surface area contributed by atoms with Gasteiger partial charge < -0.3 is 5.11 Å². The molecule has 1 aliphatic carbocycles. The molecular formula is C9H9NOS. The Kier molecular flexibility index (Phi) is 1.81. The molecule has 1 aromatic rings. The van der Waals surface area contributed by atoms with Gasteiger partial charge in [0.2, 0.25) is 0 Å². The first-order valence-electron chi connectivity index (χ1n) is 3.96. The van der Waals surface area contributed by atoms with Crippen molar-refractivity contribution in [2.24, 2.45) is 0 Å². The third kappa shape index (κ3) is 1.46. The van der Waals surface area contributed by atoms with E-state index < -0.39 is 0 Å². The van der Waals surface area contributed by atoms with Crippen molar-refractivity contribution in [3.63, 3.8) is 0 Å². The second-order valence-electron chi connectivity index (χ2n) is 3.05. The van der Waals surface area contributed by atoms with Crippen molar-refractivity contribution < 1.29 is 5.11 Å². The second-order valence-corrected chi connectivity index (χ2v) is 3.44. The Morgan fingerprint density at radius 3 is 2.92 bits per heavy atom. The number of nitrogens with zero attached hydrogens (tertiary/aromatic N) is 1. The lowest BCUT2D eigenvalue weighted by atomic mass is 10.2. The highest BCUT2D eigenvalue weighted by molar-refractivity contribution is 7.80. The van der Waals surface area contributed by atoms with Gasteiger partial charge >= 0.3 is 0 Å². The monoisotopic (exact) mass is 179 g/mol. The van der Waals surface area contributed by atoms with Crippen molar-refractivity contribution in [3.8, 4) is 0 Å². The number of hydrogen-bond acceptors (Lipinski definition) is 2. The topological polar surface area (TPSA) is 33.1 Å². The SMILES string of the molecule is OC(=S)c1ccnc(C2CC2)c1. The smallest absolute Gasteiger partial charge is 0.188 e. The Hall–Kier alpha value is -0.960. The number of pyridine rings is 1. The van der Waals surface area contributed by atoms with Crippen molar-refractivity contribution in [3.05, 3.63) is 29.6 Å². The summed E-state index contributed by atoms with van der Waals surface area (Å²) in [6.45, 7) is 0. The van der Waals surface area contributed by atoms with Crippen LogP contribution in [0.2, 0.25) is 0 Å². The lowest BCUT2D eigenvalue weighted by Gasteiger charge is -1.99. The maximum Gasteiger partial charge on any atom is 0.188 e. The van der Waals surface area contributed by atoms with E-state index in [4.69, 9.17) is 5.11 Å². The van der Waals surface area contributed by atoms with Gasteiger partial charge in [0.15, 0.2) is 5.05 Å². The van der Waals surface area contributed by atoms with E-state index in [0.29, 0.717) is 11.5 Å². The van der Waals surface area contributed by atoms with Crippen molar-refractivity contribution in [1.82, 2.24) is 4.98 Å². The minimum Gasteiger partial charge on any atom is -0.499 e. The van der Waals surface area contributed by atoms with Gasteiger partial charge in [0.1, 0.15) is 0 Å². The van der Waals surface area contributed by atoms with Crippen LogP contribution in [0.5, 0.6) is 0 Å². The van der Waals surface area contributed by atoms with Crippen LogP contribution in [0.3, 0.4) is 0 Å². The van der Waals surface area contributed by atoms with E-state index in [-0.39, 0.29) is 5.05 Å². The molecule has 0 bridgehead atoms. The fourth-order valence-electron chi connectivity index (χ4n) is 1.18. The maximum atomic E-state index is 9.05. The molecule has 12 heavy (non-hydrogen) atoms. The molecular weight excluding hydrogens is 170 g/mol. The van der Waals surface area contributed by atoms with Crippen LogP contribution in [0, 0.1) is 0 Å². The third-order valence-electron chi connectivity index (χ3n) is 2.02. The Labute approximate surface area is 76.3 Å². The fourth-order valence-corrected chi connectivity index (χ4v) is 1.31. The molecule has 0 aliphatic heterocycles. The summed E-state index contributed by atoms with van der Waals surface area (Å²) < 4.78 is 0. The largest absolute Gasteiger partial charge is 0.499 e. The summed E-state index contributed by atoms with van der Waals surface area (Å²) in [5.74, 6) is 0.610. The molecule has 0 radical (unpaired) electrons. The molecule has 1 N–H and O–H groups in total. The first-order chi connectivity index (χ1) is 5.77. The average Bonchev–Trinajstić information content (AvgIpc) is 2.87. The lowest BCUT2D eigenvalue weighted by Crippen LogP contribution is -1.96. The van der Waals surface area contributed by atoms with E-state index in [0.717, 1.165) is 5.69 Å². The van der Waals surface area contributed by atoms with Crippen molar-refractivity contribution in [2.75, 3.05) is 0 Å². The first-order valence-corrected chi connectivity index (χ1v) is 4.37. The van der Waals surface area contributed by atoms with E-state index in [9.17, 15) is 0 Å². The predicted molar refractivity (Wildman–Crippen MR) is 50.5 cm³/mol. The van der Waals surface area contributed by atoms with Gasteiger partial charge in [-0.15, -0.1) is 0 Å². The number of rotatable bonds is 2. The van der Waals surface area contributed by atoms with E-state index in [1.165, 1.54) is 12.8 Å². The first kappa shape index (κ1) is 7.68. The van der Waals surface area contributed by atoms with Crippen LogP contribution in [0.25, 0.3) is 0 Å². The molecule has 1 aromatic heterocycles. The summed E-state index contributed by atoms with van der Waals surface area (Å²) in [5.41, 5.74) is 1.77. The molecule has 0 unspecified atom stereocenters. The van der Waals surface area contributed by atoms with Gasteiger partial charge in [-0.2, -0.15) is 0 Å². The van der Waals surface area contributed by atoms with E-state index in [1.807, 2.05) is 6.07 Å². The Morgan fingerprint density at radius 1 is 1.58 bits per heavy atom. The van der Waals surface area contributed by atoms with Crippen LogP contribution in [0.1, 0.15) is 30.0 Å². The minimum atomic E-state index is -0.0423. The maximum absolute atomic E-state index is 9.05. The van der Waals surface area contributed by atoms with E-state index >= 15 is 0 Å². The molecule has 1 aliphatic rings.